The maximum atomic E-state index is 12.9. The van der Waals surface area contributed by atoms with E-state index in [1.54, 1.807) is 6.07 Å². The summed E-state index contributed by atoms with van der Waals surface area (Å²) >= 11 is 0. The lowest BCUT2D eigenvalue weighted by Crippen LogP contribution is -2.45. The Morgan fingerprint density at radius 3 is 2.52 bits per heavy atom. The fraction of sp³-hybridized carbons (Fsp3) is 0.364. The molecule has 0 saturated carbocycles. The van der Waals surface area contributed by atoms with Crippen molar-refractivity contribution in [3.8, 4) is 0 Å². The largest absolute Gasteiger partial charge is 0.416 e. The summed E-state index contributed by atoms with van der Waals surface area (Å²) in [7, 11) is 0. The van der Waals surface area contributed by atoms with E-state index in [9.17, 15) is 22.8 Å². The minimum Gasteiger partial charge on any atom is -0.355 e. The van der Waals surface area contributed by atoms with Gasteiger partial charge in [0, 0.05) is 26.1 Å². The van der Waals surface area contributed by atoms with Crippen LogP contribution in [-0.2, 0) is 28.7 Å². The number of hydrogen-bond acceptors (Lipinski definition) is 2. The number of nitrogens with one attached hydrogen (secondary N) is 1. The monoisotopic (exact) mass is 404 g/mol. The molecule has 7 heteroatoms. The molecule has 2 aromatic rings. The van der Waals surface area contributed by atoms with Gasteiger partial charge in [0.05, 0.1) is 11.5 Å². The number of nitrogens with zero attached hydrogens (tertiary/aromatic N) is 1. The zero-order valence-electron chi connectivity index (χ0n) is 15.9. The lowest BCUT2D eigenvalue weighted by Gasteiger charge is -2.32. The average Bonchev–Trinajstić information content (AvgIpc) is 2.70. The summed E-state index contributed by atoms with van der Waals surface area (Å²) in [6, 6.07) is 14.7. The molecule has 0 unspecified atom stereocenters. The van der Waals surface area contributed by atoms with Gasteiger partial charge in [-0.2, -0.15) is 13.2 Å². The van der Waals surface area contributed by atoms with Crippen LogP contribution < -0.4 is 5.32 Å². The highest BCUT2D eigenvalue weighted by molar-refractivity contribution is 5.83. The third-order valence-corrected chi connectivity index (χ3v) is 5.05. The van der Waals surface area contributed by atoms with E-state index in [0.717, 1.165) is 17.7 Å². The van der Waals surface area contributed by atoms with Crippen molar-refractivity contribution in [2.24, 2.45) is 5.92 Å². The summed E-state index contributed by atoms with van der Waals surface area (Å²) in [6.07, 6.45) is -3.04. The number of halogens is 3. The first kappa shape index (κ1) is 20.9. The number of piperidine rings is 1. The zero-order valence-corrected chi connectivity index (χ0v) is 15.9. The number of rotatable bonds is 6. The predicted molar refractivity (Wildman–Crippen MR) is 103 cm³/mol. The van der Waals surface area contributed by atoms with Gasteiger partial charge in [-0.15, -0.1) is 0 Å². The van der Waals surface area contributed by atoms with Crippen molar-refractivity contribution in [3.63, 3.8) is 0 Å². The number of benzene rings is 2. The molecule has 1 saturated heterocycles. The molecule has 29 heavy (non-hydrogen) atoms. The summed E-state index contributed by atoms with van der Waals surface area (Å²) in [5, 5.41) is 2.90. The van der Waals surface area contributed by atoms with Gasteiger partial charge < -0.3 is 10.2 Å². The zero-order chi connectivity index (χ0) is 20.9. The van der Waals surface area contributed by atoms with Crippen LogP contribution in [0.25, 0.3) is 0 Å². The molecule has 154 valence electrons. The number of hydrogen-bond donors (Lipinski definition) is 1. The van der Waals surface area contributed by atoms with Crippen molar-refractivity contribution in [1.82, 2.24) is 10.2 Å². The van der Waals surface area contributed by atoms with Crippen LogP contribution in [0.3, 0.4) is 0 Å². The fourth-order valence-electron chi connectivity index (χ4n) is 3.47. The summed E-state index contributed by atoms with van der Waals surface area (Å²) in [6.45, 7) is 0.781. The maximum absolute atomic E-state index is 12.9. The van der Waals surface area contributed by atoms with Crippen LogP contribution in [0.5, 0.6) is 0 Å². The highest BCUT2D eigenvalue weighted by atomic mass is 19.4. The number of amides is 2. The molecule has 1 aliphatic heterocycles. The fourth-order valence-corrected chi connectivity index (χ4v) is 3.47. The molecular weight excluding hydrogens is 381 g/mol. The van der Waals surface area contributed by atoms with E-state index in [2.05, 4.69) is 5.32 Å². The van der Waals surface area contributed by atoms with Crippen molar-refractivity contribution in [2.45, 2.75) is 32.0 Å². The second-order valence-electron chi connectivity index (χ2n) is 7.23. The van der Waals surface area contributed by atoms with Gasteiger partial charge in [-0.25, -0.2) is 0 Å². The molecule has 3 rings (SSSR count). The Morgan fingerprint density at radius 1 is 1.07 bits per heavy atom. The number of alkyl halides is 3. The van der Waals surface area contributed by atoms with Crippen molar-refractivity contribution in [3.05, 3.63) is 71.3 Å². The first-order valence-corrected chi connectivity index (χ1v) is 9.58. The second kappa shape index (κ2) is 9.11. The first-order valence-electron chi connectivity index (χ1n) is 9.58. The third-order valence-electron chi connectivity index (χ3n) is 5.05. The third kappa shape index (κ3) is 5.82. The van der Waals surface area contributed by atoms with E-state index in [1.807, 2.05) is 30.3 Å². The molecule has 1 N–H and O–H groups in total. The average molecular weight is 404 g/mol. The number of likely N-dealkylation sites (tertiary alicyclic amines) is 1. The van der Waals surface area contributed by atoms with E-state index in [0.29, 0.717) is 24.9 Å². The molecule has 1 fully saturated rings. The topological polar surface area (TPSA) is 49.4 Å². The van der Waals surface area contributed by atoms with Gasteiger partial charge in [0.1, 0.15) is 0 Å². The highest BCUT2D eigenvalue weighted by Gasteiger charge is 2.32. The summed E-state index contributed by atoms with van der Waals surface area (Å²) < 4.78 is 38.7. The van der Waals surface area contributed by atoms with Crippen molar-refractivity contribution < 1.29 is 22.8 Å². The Kier molecular flexibility index (Phi) is 6.56. The summed E-state index contributed by atoms with van der Waals surface area (Å²) in [5.41, 5.74) is 0.783. The molecule has 0 bridgehead atoms. The van der Waals surface area contributed by atoms with Gasteiger partial charge >= 0.3 is 6.18 Å². The quantitative estimate of drug-likeness (QED) is 0.796. The van der Waals surface area contributed by atoms with Crippen LogP contribution in [-0.4, -0.2) is 29.8 Å². The number of carbonyl (C=O) groups excluding carboxylic acids is 2. The number of carbonyl (C=O) groups is 2. The lowest BCUT2D eigenvalue weighted by atomic mass is 9.96. The Hall–Kier alpha value is -2.83. The van der Waals surface area contributed by atoms with E-state index < -0.39 is 11.7 Å². The van der Waals surface area contributed by atoms with E-state index in [4.69, 9.17) is 0 Å². The van der Waals surface area contributed by atoms with Gasteiger partial charge in [0.15, 0.2) is 0 Å². The molecule has 2 aromatic carbocycles. The van der Waals surface area contributed by atoms with Crippen LogP contribution >= 0.6 is 0 Å². The van der Waals surface area contributed by atoms with Crippen molar-refractivity contribution in [2.75, 3.05) is 13.1 Å². The minimum atomic E-state index is -4.43. The maximum Gasteiger partial charge on any atom is 0.416 e. The van der Waals surface area contributed by atoms with E-state index >= 15 is 0 Å². The molecule has 4 nitrogen and oxygen atoms in total. The van der Waals surface area contributed by atoms with Gasteiger partial charge in [-0.3, -0.25) is 9.59 Å². The molecule has 0 aromatic heterocycles. The standard InChI is InChI=1S/C22H23F3N2O2/c23-22(24,25)19-8-4-7-17(13-19)14-27-15-18(9-10-20(27)28)21(29)26-12-11-16-5-2-1-3-6-16/h1-8,13,18H,9-12,14-15H2,(H,26,29)/t18-/m0/s1. The molecule has 0 spiro atoms. The molecule has 1 atom stereocenters. The molecule has 0 aliphatic carbocycles. The Bertz CT molecular complexity index is 853. The van der Waals surface area contributed by atoms with Crippen LogP contribution in [0.4, 0.5) is 13.2 Å². The van der Waals surface area contributed by atoms with E-state index in [-0.39, 0.29) is 37.2 Å². The van der Waals surface area contributed by atoms with Crippen LogP contribution in [0.1, 0.15) is 29.5 Å². The smallest absolute Gasteiger partial charge is 0.355 e. The normalized spacial score (nSPS) is 17.3. The minimum absolute atomic E-state index is 0.0660. The van der Waals surface area contributed by atoms with Crippen LogP contribution in [0.2, 0.25) is 0 Å². The first-order chi connectivity index (χ1) is 13.8. The summed E-state index contributed by atoms with van der Waals surface area (Å²) in [5.74, 6) is -0.618. The molecule has 1 heterocycles. The molecule has 2 amide bonds. The molecule has 0 radical (unpaired) electrons. The molecule has 1 aliphatic rings. The summed E-state index contributed by atoms with van der Waals surface area (Å²) in [4.78, 5) is 26.2. The van der Waals surface area contributed by atoms with Gasteiger partial charge in [-0.05, 0) is 36.1 Å². The molecular formula is C22H23F3N2O2. The highest BCUT2D eigenvalue weighted by Crippen LogP contribution is 2.30. The van der Waals surface area contributed by atoms with Gasteiger partial charge in [0.2, 0.25) is 11.8 Å². The van der Waals surface area contributed by atoms with E-state index in [1.165, 1.54) is 11.0 Å². The predicted octanol–water partition coefficient (Wildman–Crippen LogP) is 3.80. The Labute approximate surface area is 167 Å². The lowest BCUT2D eigenvalue weighted by molar-refractivity contribution is -0.139. The van der Waals surface area contributed by atoms with Crippen LogP contribution in [0.15, 0.2) is 54.6 Å². The Morgan fingerprint density at radius 2 is 1.79 bits per heavy atom. The van der Waals surface area contributed by atoms with Gasteiger partial charge in [0.25, 0.3) is 0 Å². The van der Waals surface area contributed by atoms with Crippen molar-refractivity contribution >= 4 is 11.8 Å². The van der Waals surface area contributed by atoms with Crippen molar-refractivity contribution in [1.29, 1.82) is 0 Å². The Balaban J connectivity index is 1.56. The SMILES string of the molecule is O=C(NCCc1ccccc1)[C@H]1CCC(=O)N(Cc2cccc(C(F)(F)F)c2)C1. The van der Waals surface area contributed by atoms with Crippen LogP contribution in [0, 0.1) is 5.92 Å². The van der Waals surface area contributed by atoms with Gasteiger partial charge in [-0.1, -0.05) is 42.5 Å². The second-order valence-corrected chi connectivity index (χ2v) is 7.23.